The molecule has 4 nitrogen and oxygen atoms in total. The van der Waals surface area contributed by atoms with Gasteiger partial charge >= 0.3 is 0 Å². The average molecular weight is 373 g/mol. The molecule has 3 aromatic rings. The van der Waals surface area contributed by atoms with Gasteiger partial charge in [-0.1, -0.05) is 92.0 Å². The Bertz CT molecular complexity index is 798. The second-order valence-corrected chi connectivity index (χ2v) is 5.80. The molecule has 0 amide bonds. The lowest BCUT2D eigenvalue weighted by atomic mass is 10.2. The van der Waals surface area contributed by atoms with Crippen LogP contribution in [0.25, 0.3) is 11.4 Å². The van der Waals surface area contributed by atoms with Crippen LogP contribution in [0, 0.1) is 0 Å². The van der Waals surface area contributed by atoms with Crippen molar-refractivity contribution in [2.45, 2.75) is 20.3 Å². The van der Waals surface area contributed by atoms with Crippen molar-refractivity contribution >= 4 is 34.6 Å². The molecule has 0 saturated carbocycles. The molecule has 0 fully saturated rings. The zero-order valence-corrected chi connectivity index (χ0v) is 15.5. The van der Waals surface area contributed by atoms with Gasteiger partial charge in [-0.25, -0.2) is 9.97 Å². The van der Waals surface area contributed by atoms with Gasteiger partial charge in [-0.05, 0) is 12.1 Å². The first-order valence-corrected chi connectivity index (χ1v) is 8.66. The van der Waals surface area contributed by atoms with Crippen LogP contribution in [0.5, 0.6) is 0 Å². The fourth-order valence-corrected chi connectivity index (χ4v) is 2.27. The molecule has 2 aromatic carbocycles. The minimum Gasteiger partial charge on any atom is -0.214 e. The molecule has 1 aromatic heterocycles. The molecule has 0 unspecified atom stereocenters. The maximum atomic E-state index is 6.16. The number of aromatic nitrogens is 2. The van der Waals surface area contributed by atoms with Crippen LogP contribution in [0.3, 0.4) is 0 Å². The number of azo groups is 1. The Morgan fingerprint density at radius 1 is 0.760 bits per heavy atom. The minimum absolute atomic E-state index is 0.165. The first kappa shape index (κ1) is 19.0. The number of hydrogen-bond acceptors (Lipinski definition) is 4. The van der Waals surface area contributed by atoms with Crippen LogP contribution in [0.15, 0.2) is 70.9 Å². The van der Waals surface area contributed by atoms with Crippen LogP contribution in [0.4, 0.5) is 11.4 Å². The highest BCUT2D eigenvalue weighted by molar-refractivity contribution is 6.37. The molecule has 1 heterocycles. The molecule has 0 aliphatic carbocycles. The Kier molecular flexibility index (Phi) is 7.51. The standard InChI is InChI=1S/C16H10Cl2N4.C3H8/c17-14-13(22-21-12-9-5-2-6-10-12)15(18)20-16(19-14)11-7-3-1-4-8-11;1-3-2/h1-10H;3H2,1-2H3. The summed E-state index contributed by atoms with van der Waals surface area (Å²) in [5, 5.41) is 8.45. The van der Waals surface area contributed by atoms with E-state index in [4.69, 9.17) is 23.2 Å². The zero-order valence-electron chi connectivity index (χ0n) is 14.0. The third kappa shape index (κ3) is 5.62. The second-order valence-electron chi connectivity index (χ2n) is 5.09. The van der Waals surface area contributed by atoms with E-state index in [2.05, 4.69) is 34.0 Å². The molecule has 0 spiro atoms. The summed E-state index contributed by atoms with van der Waals surface area (Å²) in [7, 11) is 0. The van der Waals surface area contributed by atoms with Gasteiger partial charge in [-0.2, -0.15) is 5.11 Å². The fraction of sp³-hybridized carbons (Fsp3) is 0.158. The van der Waals surface area contributed by atoms with E-state index < -0.39 is 0 Å². The lowest BCUT2D eigenvalue weighted by Crippen LogP contribution is -1.91. The van der Waals surface area contributed by atoms with Gasteiger partial charge in [-0.3, -0.25) is 0 Å². The molecular formula is C19H18Cl2N4. The van der Waals surface area contributed by atoms with E-state index in [-0.39, 0.29) is 16.0 Å². The van der Waals surface area contributed by atoms with E-state index >= 15 is 0 Å². The third-order valence-corrected chi connectivity index (χ3v) is 3.38. The quantitative estimate of drug-likeness (QED) is 0.358. The SMILES string of the molecule is CCC.Clc1nc(-c2ccccc2)nc(Cl)c1N=Nc1ccccc1. The second kappa shape index (κ2) is 9.87. The lowest BCUT2D eigenvalue weighted by Gasteiger charge is -2.04. The molecule has 0 saturated heterocycles. The van der Waals surface area contributed by atoms with Gasteiger partial charge in [0.25, 0.3) is 0 Å². The minimum atomic E-state index is 0.165. The van der Waals surface area contributed by atoms with Crippen LogP contribution < -0.4 is 0 Å². The average Bonchev–Trinajstić information content (AvgIpc) is 2.63. The summed E-state index contributed by atoms with van der Waals surface area (Å²) in [6.07, 6.45) is 1.25. The number of halogens is 2. The fourth-order valence-electron chi connectivity index (χ4n) is 1.80. The van der Waals surface area contributed by atoms with Crippen LogP contribution in [0.2, 0.25) is 10.3 Å². The summed E-state index contributed by atoms with van der Waals surface area (Å²) in [6, 6.07) is 18.7. The van der Waals surface area contributed by atoms with Crippen molar-refractivity contribution in [3.05, 3.63) is 71.0 Å². The molecule has 0 atom stereocenters. The number of nitrogens with zero attached hydrogens (tertiary/aromatic N) is 4. The van der Waals surface area contributed by atoms with E-state index in [1.54, 1.807) is 0 Å². The van der Waals surface area contributed by atoms with Crippen LogP contribution in [0.1, 0.15) is 20.3 Å². The summed E-state index contributed by atoms with van der Waals surface area (Å²) in [5.41, 5.74) is 1.78. The molecule has 0 radical (unpaired) electrons. The molecule has 3 rings (SSSR count). The van der Waals surface area contributed by atoms with E-state index in [1.807, 2.05) is 60.7 Å². The number of rotatable bonds is 3. The summed E-state index contributed by atoms with van der Waals surface area (Å²) in [6.45, 7) is 4.25. The topological polar surface area (TPSA) is 50.5 Å². The maximum Gasteiger partial charge on any atom is 0.162 e. The number of benzene rings is 2. The Labute approximate surface area is 157 Å². The van der Waals surface area contributed by atoms with Gasteiger partial charge in [0, 0.05) is 5.56 Å². The molecule has 25 heavy (non-hydrogen) atoms. The highest BCUT2D eigenvalue weighted by Crippen LogP contribution is 2.33. The summed E-state index contributed by atoms with van der Waals surface area (Å²) < 4.78 is 0. The normalized spacial score (nSPS) is 10.4. The summed E-state index contributed by atoms with van der Waals surface area (Å²) >= 11 is 12.3. The molecule has 0 aliphatic heterocycles. The van der Waals surface area contributed by atoms with E-state index in [0.29, 0.717) is 11.5 Å². The van der Waals surface area contributed by atoms with Crippen molar-refractivity contribution in [3.63, 3.8) is 0 Å². The first-order chi connectivity index (χ1) is 12.2. The van der Waals surface area contributed by atoms with E-state index in [0.717, 1.165) is 5.56 Å². The smallest absolute Gasteiger partial charge is 0.162 e. The first-order valence-electron chi connectivity index (χ1n) is 7.91. The van der Waals surface area contributed by atoms with Crippen molar-refractivity contribution in [2.75, 3.05) is 0 Å². The molecular weight excluding hydrogens is 355 g/mol. The van der Waals surface area contributed by atoms with Gasteiger partial charge < -0.3 is 0 Å². The van der Waals surface area contributed by atoms with Gasteiger partial charge in [0.15, 0.2) is 21.8 Å². The van der Waals surface area contributed by atoms with Gasteiger partial charge in [0.2, 0.25) is 0 Å². The highest BCUT2D eigenvalue weighted by Gasteiger charge is 2.12. The molecule has 6 heteroatoms. The Morgan fingerprint density at radius 2 is 1.24 bits per heavy atom. The summed E-state index contributed by atoms with van der Waals surface area (Å²) in [5.74, 6) is 0.453. The van der Waals surface area contributed by atoms with Crippen molar-refractivity contribution in [1.82, 2.24) is 9.97 Å². The summed E-state index contributed by atoms with van der Waals surface area (Å²) in [4.78, 5) is 8.47. The largest absolute Gasteiger partial charge is 0.214 e. The number of hydrogen-bond donors (Lipinski definition) is 0. The van der Waals surface area contributed by atoms with Gasteiger partial charge in [0.05, 0.1) is 5.69 Å². The molecule has 0 aliphatic rings. The molecule has 128 valence electrons. The maximum absolute atomic E-state index is 6.16. The lowest BCUT2D eigenvalue weighted by molar-refractivity contribution is 1.09. The zero-order chi connectivity index (χ0) is 18.1. The molecule has 0 bridgehead atoms. The van der Waals surface area contributed by atoms with Gasteiger partial charge in [0.1, 0.15) is 0 Å². The van der Waals surface area contributed by atoms with Gasteiger partial charge in [-0.15, -0.1) is 5.11 Å². The van der Waals surface area contributed by atoms with Crippen molar-refractivity contribution in [2.24, 2.45) is 10.2 Å². The van der Waals surface area contributed by atoms with Crippen molar-refractivity contribution in [3.8, 4) is 11.4 Å². The van der Waals surface area contributed by atoms with Crippen LogP contribution in [-0.2, 0) is 0 Å². The Morgan fingerprint density at radius 3 is 1.76 bits per heavy atom. The highest BCUT2D eigenvalue weighted by atomic mass is 35.5. The Hall–Kier alpha value is -2.30. The molecule has 0 N–H and O–H groups in total. The predicted octanol–water partition coefficient (Wildman–Crippen LogP) is 7.28. The van der Waals surface area contributed by atoms with Crippen molar-refractivity contribution < 1.29 is 0 Å². The van der Waals surface area contributed by atoms with E-state index in [9.17, 15) is 0 Å². The van der Waals surface area contributed by atoms with Crippen LogP contribution >= 0.6 is 23.2 Å². The monoisotopic (exact) mass is 372 g/mol. The van der Waals surface area contributed by atoms with E-state index in [1.165, 1.54) is 6.42 Å². The van der Waals surface area contributed by atoms with Crippen molar-refractivity contribution in [1.29, 1.82) is 0 Å². The Balaban J connectivity index is 0.000000701. The van der Waals surface area contributed by atoms with Crippen LogP contribution in [-0.4, -0.2) is 9.97 Å². The predicted molar refractivity (Wildman–Crippen MR) is 104 cm³/mol. The third-order valence-electron chi connectivity index (χ3n) is 2.85.